The molecule has 0 bridgehead atoms. The first-order valence-electron chi connectivity index (χ1n) is 10.5. The van der Waals surface area contributed by atoms with E-state index in [9.17, 15) is 14.4 Å². The summed E-state index contributed by atoms with van der Waals surface area (Å²) < 4.78 is 0. The number of hydrogen-bond acceptors (Lipinski definition) is 3. The fourth-order valence-corrected chi connectivity index (χ4v) is 4.91. The third kappa shape index (κ3) is 3.40. The standard InChI is InChI=1S/C22H29N3O3/c26-18(23-16-21(11-7-12-21)17-8-2-1-3-9-17)10-6-15-25-19(27)22(24-20(25)28)13-4-5-14-22/h1-3,8-9H,4-7,10-16H2,(H,23,26)(H,24,28). The highest BCUT2D eigenvalue weighted by Crippen LogP contribution is 2.43. The number of carbonyl (C=O) groups is 3. The topological polar surface area (TPSA) is 78.5 Å². The molecule has 4 rings (SSSR count). The van der Waals surface area contributed by atoms with Crippen LogP contribution in [-0.2, 0) is 15.0 Å². The molecule has 1 aliphatic heterocycles. The fourth-order valence-electron chi connectivity index (χ4n) is 4.91. The largest absolute Gasteiger partial charge is 0.355 e. The highest BCUT2D eigenvalue weighted by molar-refractivity contribution is 6.07. The van der Waals surface area contributed by atoms with Gasteiger partial charge in [-0.05, 0) is 37.7 Å². The van der Waals surface area contributed by atoms with Crippen molar-refractivity contribution in [3.8, 4) is 0 Å². The number of benzene rings is 1. The minimum atomic E-state index is -0.661. The maximum Gasteiger partial charge on any atom is 0.325 e. The Balaban J connectivity index is 1.24. The molecule has 28 heavy (non-hydrogen) atoms. The van der Waals surface area contributed by atoms with Gasteiger partial charge in [-0.25, -0.2) is 4.79 Å². The van der Waals surface area contributed by atoms with Crippen LogP contribution in [0.1, 0.15) is 63.4 Å². The van der Waals surface area contributed by atoms with Crippen LogP contribution < -0.4 is 10.6 Å². The average Bonchev–Trinajstić information content (AvgIpc) is 3.22. The summed E-state index contributed by atoms with van der Waals surface area (Å²) in [6.45, 7) is 0.964. The van der Waals surface area contributed by atoms with Gasteiger partial charge in [0.2, 0.25) is 5.91 Å². The molecule has 0 radical (unpaired) electrons. The third-order valence-electron chi connectivity index (χ3n) is 6.81. The van der Waals surface area contributed by atoms with Crippen molar-refractivity contribution in [2.75, 3.05) is 13.1 Å². The molecule has 1 aromatic rings. The molecular weight excluding hydrogens is 354 g/mol. The molecule has 3 fully saturated rings. The molecule has 1 heterocycles. The van der Waals surface area contributed by atoms with E-state index in [1.165, 1.54) is 16.9 Å². The van der Waals surface area contributed by atoms with E-state index in [1.54, 1.807) is 0 Å². The maximum atomic E-state index is 12.6. The van der Waals surface area contributed by atoms with E-state index in [4.69, 9.17) is 0 Å². The summed E-state index contributed by atoms with van der Waals surface area (Å²) in [4.78, 5) is 38.4. The van der Waals surface area contributed by atoms with Crippen LogP contribution in [0.25, 0.3) is 0 Å². The van der Waals surface area contributed by atoms with Crippen molar-refractivity contribution in [3.63, 3.8) is 0 Å². The molecule has 1 saturated heterocycles. The van der Waals surface area contributed by atoms with Gasteiger partial charge in [-0.15, -0.1) is 0 Å². The lowest BCUT2D eigenvalue weighted by Gasteiger charge is -2.42. The zero-order chi connectivity index (χ0) is 19.6. The molecule has 2 aliphatic carbocycles. The van der Waals surface area contributed by atoms with Gasteiger partial charge >= 0.3 is 6.03 Å². The van der Waals surface area contributed by atoms with Crippen molar-refractivity contribution >= 4 is 17.8 Å². The molecule has 150 valence electrons. The molecule has 2 saturated carbocycles. The van der Waals surface area contributed by atoms with Gasteiger partial charge < -0.3 is 10.6 Å². The van der Waals surface area contributed by atoms with Crippen molar-refractivity contribution in [1.82, 2.24) is 15.5 Å². The molecule has 2 N–H and O–H groups in total. The Kier molecular flexibility index (Phi) is 5.13. The van der Waals surface area contributed by atoms with Gasteiger partial charge in [0.05, 0.1) is 0 Å². The lowest BCUT2D eigenvalue weighted by atomic mass is 9.64. The first-order chi connectivity index (χ1) is 13.5. The van der Waals surface area contributed by atoms with E-state index < -0.39 is 5.54 Å². The quantitative estimate of drug-likeness (QED) is 0.711. The highest BCUT2D eigenvalue weighted by atomic mass is 16.2. The van der Waals surface area contributed by atoms with Gasteiger partial charge in [0.15, 0.2) is 0 Å². The van der Waals surface area contributed by atoms with E-state index in [1.807, 2.05) is 18.2 Å². The molecule has 6 heteroatoms. The number of imide groups is 1. The monoisotopic (exact) mass is 383 g/mol. The molecular formula is C22H29N3O3. The summed E-state index contributed by atoms with van der Waals surface area (Å²) in [5.74, 6) is -0.113. The summed E-state index contributed by atoms with van der Waals surface area (Å²) in [7, 11) is 0. The summed E-state index contributed by atoms with van der Waals surface area (Å²) >= 11 is 0. The van der Waals surface area contributed by atoms with Crippen molar-refractivity contribution in [2.24, 2.45) is 0 Å². The summed E-state index contributed by atoms with van der Waals surface area (Å²) in [5.41, 5.74) is 0.699. The summed E-state index contributed by atoms with van der Waals surface area (Å²) in [5, 5.41) is 5.96. The number of nitrogens with zero attached hydrogens (tertiary/aromatic N) is 1. The molecule has 1 spiro atoms. The molecule has 0 aromatic heterocycles. The number of nitrogens with one attached hydrogen (secondary N) is 2. The van der Waals surface area contributed by atoms with Crippen LogP contribution in [0.15, 0.2) is 30.3 Å². The van der Waals surface area contributed by atoms with Crippen molar-refractivity contribution in [3.05, 3.63) is 35.9 Å². The Morgan fingerprint density at radius 1 is 1.04 bits per heavy atom. The second-order valence-corrected chi connectivity index (χ2v) is 8.56. The van der Waals surface area contributed by atoms with E-state index in [0.29, 0.717) is 25.9 Å². The van der Waals surface area contributed by atoms with Gasteiger partial charge in [-0.1, -0.05) is 49.6 Å². The molecule has 4 amide bonds. The minimum absolute atomic E-state index is 0.00941. The van der Waals surface area contributed by atoms with Gasteiger partial charge in [0.1, 0.15) is 5.54 Å². The smallest absolute Gasteiger partial charge is 0.325 e. The Labute approximate surface area is 166 Å². The predicted molar refractivity (Wildman–Crippen MR) is 106 cm³/mol. The predicted octanol–water partition coefficient (Wildman–Crippen LogP) is 2.87. The normalized spacial score (nSPS) is 22.2. The lowest BCUT2D eigenvalue weighted by Crippen LogP contribution is -2.45. The van der Waals surface area contributed by atoms with E-state index >= 15 is 0 Å². The fraction of sp³-hybridized carbons (Fsp3) is 0.591. The number of amides is 4. The Morgan fingerprint density at radius 2 is 1.75 bits per heavy atom. The SMILES string of the molecule is O=C(CCCN1C(=O)NC2(CCCC2)C1=O)NCC1(c2ccccc2)CCC1. The van der Waals surface area contributed by atoms with Crippen molar-refractivity contribution < 1.29 is 14.4 Å². The van der Waals surface area contributed by atoms with Crippen molar-refractivity contribution in [2.45, 2.75) is 68.7 Å². The minimum Gasteiger partial charge on any atom is -0.355 e. The Bertz CT molecular complexity index is 752. The van der Waals surface area contributed by atoms with Gasteiger partial charge in [0, 0.05) is 24.9 Å². The third-order valence-corrected chi connectivity index (χ3v) is 6.81. The van der Waals surface area contributed by atoms with Crippen LogP contribution in [0, 0.1) is 0 Å². The van der Waals surface area contributed by atoms with Crippen LogP contribution >= 0.6 is 0 Å². The zero-order valence-electron chi connectivity index (χ0n) is 16.3. The Hall–Kier alpha value is -2.37. The van der Waals surface area contributed by atoms with Crippen LogP contribution in [0.2, 0.25) is 0 Å². The number of urea groups is 1. The highest BCUT2D eigenvalue weighted by Gasteiger charge is 2.52. The second-order valence-electron chi connectivity index (χ2n) is 8.56. The number of hydrogen-bond donors (Lipinski definition) is 2. The summed E-state index contributed by atoms with van der Waals surface area (Å²) in [6.07, 6.45) is 7.64. The Morgan fingerprint density at radius 3 is 2.39 bits per heavy atom. The molecule has 3 aliphatic rings. The lowest BCUT2D eigenvalue weighted by molar-refractivity contribution is -0.131. The molecule has 0 atom stereocenters. The number of carbonyl (C=O) groups excluding carboxylic acids is 3. The van der Waals surface area contributed by atoms with Crippen LogP contribution in [0.4, 0.5) is 4.79 Å². The van der Waals surface area contributed by atoms with Crippen LogP contribution in [0.5, 0.6) is 0 Å². The molecule has 0 unspecified atom stereocenters. The van der Waals surface area contributed by atoms with Crippen LogP contribution in [-0.4, -0.2) is 41.4 Å². The summed E-state index contributed by atoms with van der Waals surface area (Å²) in [6, 6.07) is 10.1. The zero-order valence-corrected chi connectivity index (χ0v) is 16.3. The maximum absolute atomic E-state index is 12.6. The van der Waals surface area contributed by atoms with Crippen LogP contribution in [0.3, 0.4) is 0 Å². The number of rotatable bonds is 7. The molecule has 6 nitrogen and oxygen atoms in total. The van der Waals surface area contributed by atoms with Gasteiger partial charge in [0.25, 0.3) is 5.91 Å². The van der Waals surface area contributed by atoms with E-state index in [2.05, 4.69) is 22.8 Å². The van der Waals surface area contributed by atoms with E-state index in [0.717, 1.165) is 38.5 Å². The van der Waals surface area contributed by atoms with Crippen molar-refractivity contribution in [1.29, 1.82) is 0 Å². The average molecular weight is 383 g/mol. The van der Waals surface area contributed by atoms with Gasteiger partial charge in [-0.3, -0.25) is 14.5 Å². The van der Waals surface area contributed by atoms with E-state index in [-0.39, 0.29) is 23.3 Å². The first-order valence-corrected chi connectivity index (χ1v) is 10.5. The van der Waals surface area contributed by atoms with Gasteiger partial charge in [-0.2, -0.15) is 0 Å². The molecule has 1 aromatic carbocycles. The first kappa shape index (κ1) is 19.0. The second kappa shape index (κ2) is 7.57.